The number of rotatable bonds is 3. The summed E-state index contributed by atoms with van der Waals surface area (Å²) in [4.78, 5) is 0. The summed E-state index contributed by atoms with van der Waals surface area (Å²) in [5.41, 5.74) is 11.0. The third kappa shape index (κ3) is 4.31. The monoisotopic (exact) mass is 325 g/mol. The van der Waals surface area contributed by atoms with Crippen LogP contribution in [-0.2, 0) is 23.7 Å². The van der Waals surface area contributed by atoms with Gasteiger partial charge in [-0.05, 0) is 58.1 Å². The zero-order chi connectivity index (χ0) is 18.1. The predicted molar refractivity (Wildman–Crippen MR) is 104 cm³/mol. The Morgan fingerprint density at radius 3 is 1.58 bits per heavy atom. The van der Waals surface area contributed by atoms with Crippen LogP contribution in [0, 0.1) is 0 Å². The van der Waals surface area contributed by atoms with Crippen molar-refractivity contribution in [1.82, 2.24) is 0 Å². The molecule has 0 atom stereocenters. The fourth-order valence-electron chi connectivity index (χ4n) is 2.96. The van der Waals surface area contributed by atoms with Gasteiger partial charge in [0.05, 0.1) is 0 Å². The number of aryl methyl sites for hydroxylation is 2. The van der Waals surface area contributed by atoms with E-state index in [2.05, 4.69) is 65.8 Å². The van der Waals surface area contributed by atoms with Crippen molar-refractivity contribution < 1.29 is 5.11 Å². The highest BCUT2D eigenvalue weighted by atomic mass is 16.3. The number of nitrogens with two attached hydrogens (primary N) is 1. The third-order valence-electron chi connectivity index (χ3n) is 4.47. The molecule has 0 saturated heterocycles. The molecule has 3 N–H and O–H groups in total. The quantitative estimate of drug-likeness (QED) is 0.747. The summed E-state index contributed by atoms with van der Waals surface area (Å²) >= 11 is 0. The average Bonchev–Trinajstić information content (AvgIpc) is 2.45. The molecule has 0 amide bonds. The second kappa shape index (κ2) is 6.51. The van der Waals surface area contributed by atoms with Gasteiger partial charge in [0.1, 0.15) is 5.75 Å². The molecule has 0 aliphatic carbocycles. The Morgan fingerprint density at radius 2 is 1.17 bits per heavy atom. The Kier molecular flexibility index (Phi) is 4.98. The minimum absolute atomic E-state index is 0.0821. The molecule has 2 aromatic rings. The molecule has 0 spiro atoms. The van der Waals surface area contributed by atoms with E-state index in [1.165, 1.54) is 11.1 Å². The molecule has 0 saturated carbocycles. The maximum Gasteiger partial charge on any atom is 0.123 e. The predicted octanol–water partition coefficient (Wildman–Crippen LogP) is 5.35. The number of anilines is 1. The van der Waals surface area contributed by atoms with Gasteiger partial charge in [-0.2, -0.15) is 0 Å². The number of hydrogen-bond donors (Lipinski definition) is 2. The van der Waals surface area contributed by atoms with Crippen LogP contribution in [0.25, 0.3) is 0 Å². The maximum atomic E-state index is 10.8. The van der Waals surface area contributed by atoms with E-state index in [0.29, 0.717) is 5.75 Å². The Balaban J connectivity index is 2.37. The Labute approximate surface area is 146 Å². The summed E-state index contributed by atoms with van der Waals surface area (Å²) in [6.07, 6.45) is 1.93. The van der Waals surface area contributed by atoms with Crippen molar-refractivity contribution >= 4 is 5.69 Å². The molecular formula is C22H31NO. The molecule has 24 heavy (non-hydrogen) atoms. The highest BCUT2D eigenvalue weighted by Gasteiger charge is 2.26. The highest BCUT2D eigenvalue weighted by molar-refractivity contribution is 5.50. The van der Waals surface area contributed by atoms with E-state index in [1.807, 2.05) is 12.1 Å². The van der Waals surface area contributed by atoms with E-state index in [9.17, 15) is 5.11 Å². The molecule has 0 aliphatic rings. The van der Waals surface area contributed by atoms with E-state index in [-0.39, 0.29) is 10.8 Å². The summed E-state index contributed by atoms with van der Waals surface area (Å²) in [5.74, 6) is 0.450. The van der Waals surface area contributed by atoms with Gasteiger partial charge in [0.2, 0.25) is 0 Å². The summed E-state index contributed by atoms with van der Waals surface area (Å²) < 4.78 is 0. The average molecular weight is 325 g/mol. The van der Waals surface area contributed by atoms with Gasteiger partial charge >= 0.3 is 0 Å². The van der Waals surface area contributed by atoms with Crippen molar-refractivity contribution in [2.75, 3.05) is 5.73 Å². The van der Waals surface area contributed by atoms with Gasteiger partial charge < -0.3 is 10.8 Å². The van der Waals surface area contributed by atoms with E-state index >= 15 is 0 Å². The molecule has 0 aliphatic heterocycles. The van der Waals surface area contributed by atoms with Gasteiger partial charge in [-0.25, -0.2) is 0 Å². The van der Waals surface area contributed by atoms with Crippen LogP contribution in [0.1, 0.15) is 63.8 Å². The first-order chi connectivity index (χ1) is 11.0. The van der Waals surface area contributed by atoms with E-state index in [0.717, 1.165) is 29.7 Å². The lowest BCUT2D eigenvalue weighted by Gasteiger charge is -2.28. The van der Waals surface area contributed by atoms with Gasteiger partial charge in [0.25, 0.3) is 0 Å². The minimum Gasteiger partial charge on any atom is -0.507 e. The van der Waals surface area contributed by atoms with E-state index in [4.69, 9.17) is 5.73 Å². The normalized spacial score (nSPS) is 12.4. The van der Waals surface area contributed by atoms with Gasteiger partial charge in [0, 0.05) is 5.69 Å². The summed E-state index contributed by atoms with van der Waals surface area (Å²) in [6.45, 7) is 12.9. The van der Waals surface area contributed by atoms with Crippen LogP contribution < -0.4 is 5.73 Å². The van der Waals surface area contributed by atoms with Gasteiger partial charge in [-0.1, -0.05) is 65.8 Å². The standard InChI is InChI=1S/C22H31NO/c1-21(2,3)18-13-16(14-19(20(18)24)22(4,5)6)8-7-15-9-11-17(23)12-10-15/h9-14,24H,7-8,23H2,1-6H3. The van der Waals surface area contributed by atoms with Crippen molar-refractivity contribution in [3.05, 3.63) is 58.7 Å². The summed E-state index contributed by atoms with van der Waals surface area (Å²) in [5, 5.41) is 10.8. The summed E-state index contributed by atoms with van der Waals surface area (Å²) in [6, 6.07) is 12.4. The molecule has 2 heteroatoms. The van der Waals surface area contributed by atoms with Gasteiger partial charge in [-0.15, -0.1) is 0 Å². The van der Waals surface area contributed by atoms with Crippen LogP contribution in [0.5, 0.6) is 5.75 Å². The number of phenols is 1. The Hall–Kier alpha value is -1.96. The number of aromatic hydroxyl groups is 1. The number of hydrogen-bond acceptors (Lipinski definition) is 2. The van der Waals surface area contributed by atoms with Crippen LogP contribution in [-0.4, -0.2) is 5.11 Å². The van der Waals surface area contributed by atoms with Crippen molar-refractivity contribution in [3.8, 4) is 5.75 Å². The zero-order valence-corrected chi connectivity index (χ0v) is 15.9. The lowest BCUT2D eigenvalue weighted by atomic mass is 9.78. The highest BCUT2D eigenvalue weighted by Crippen LogP contribution is 2.39. The molecule has 2 aromatic carbocycles. The minimum atomic E-state index is -0.0821. The molecule has 2 rings (SSSR count). The fraction of sp³-hybridized carbons (Fsp3) is 0.455. The molecule has 0 unspecified atom stereocenters. The molecule has 0 aromatic heterocycles. The lowest BCUT2D eigenvalue weighted by molar-refractivity contribution is 0.422. The van der Waals surface area contributed by atoms with Crippen LogP contribution in [0.4, 0.5) is 5.69 Å². The number of benzene rings is 2. The molecule has 130 valence electrons. The molecule has 2 nitrogen and oxygen atoms in total. The van der Waals surface area contributed by atoms with Gasteiger partial charge in [0.15, 0.2) is 0 Å². The van der Waals surface area contributed by atoms with E-state index < -0.39 is 0 Å². The van der Waals surface area contributed by atoms with Crippen LogP contribution in [0.2, 0.25) is 0 Å². The SMILES string of the molecule is CC(C)(C)c1cc(CCc2ccc(N)cc2)cc(C(C)(C)C)c1O. The topological polar surface area (TPSA) is 46.2 Å². The second-order valence-electron chi connectivity index (χ2n) is 8.78. The van der Waals surface area contributed by atoms with Crippen molar-refractivity contribution in [1.29, 1.82) is 0 Å². The largest absolute Gasteiger partial charge is 0.507 e. The third-order valence-corrected chi connectivity index (χ3v) is 4.47. The van der Waals surface area contributed by atoms with Gasteiger partial charge in [-0.3, -0.25) is 0 Å². The Morgan fingerprint density at radius 1 is 0.750 bits per heavy atom. The molecule has 0 radical (unpaired) electrons. The lowest BCUT2D eigenvalue weighted by Crippen LogP contribution is -2.18. The van der Waals surface area contributed by atoms with Crippen molar-refractivity contribution in [3.63, 3.8) is 0 Å². The van der Waals surface area contributed by atoms with Crippen molar-refractivity contribution in [2.45, 2.75) is 65.2 Å². The summed E-state index contributed by atoms with van der Waals surface area (Å²) in [7, 11) is 0. The van der Waals surface area contributed by atoms with Crippen LogP contribution in [0.15, 0.2) is 36.4 Å². The first-order valence-electron chi connectivity index (χ1n) is 8.70. The first-order valence-corrected chi connectivity index (χ1v) is 8.70. The van der Waals surface area contributed by atoms with Crippen LogP contribution >= 0.6 is 0 Å². The zero-order valence-electron chi connectivity index (χ0n) is 15.9. The fourth-order valence-corrected chi connectivity index (χ4v) is 2.96. The first kappa shape index (κ1) is 18.4. The van der Waals surface area contributed by atoms with Crippen molar-refractivity contribution in [2.24, 2.45) is 0 Å². The smallest absolute Gasteiger partial charge is 0.123 e. The number of phenolic OH excluding ortho intramolecular Hbond substituents is 1. The molecule has 0 fully saturated rings. The molecule has 0 bridgehead atoms. The molecular weight excluding hydrogens is 294 g/mol. The maximum absolute atomic E-state index is 10.8. The second-order valence-corrected chi connectivity index (χ2v) is 8.78. The molecule has 0 heterocycles. The van der Waals surface area contributed by atoms with Crippen LogP contribution in [0.3, 0.4) is 0 Å². The number of nitrogen functional groups attached to an aromatic ring is 1. The Bertz CT molecular complexity index is 665. The van der Waals surface area contributed by atoms with E-state index in [1.54, 1.807) is 0 Å².